The molecule has 0 bridgehead atoms. The van der Waals surface area contributed by atoms with Gasteiger partial charge in [-0.2, -0.15) is 4.98 Å². The zero-order valence-electron chi connectivity index (χ0n) is 9.81. The zero-order valence-corrected chi connectivity index (χ0v) is 9.81. The molecule has 2 heterocycles. The van der Waals surface area contributed by atoms with E-state index in [1.807, 2.05) is 0 Å². The molecule has 1 aliphatic rings. The minimum Gasteiger partial charge on any atom is -0.395 e. The van der Waals surface area contributed by atoms with Gasteiger partial charge in [0.25, 0.3) is 0 Å². The molecular formula is C11H9F2N3O3. The molecule has 0 saturated heterocycles. The van der Waals surface area contributed by atoms with Crippen LogP contribution in [0.2, 0.25) is 0 Å². The highest BCUT2D eigenvalue weighted by molar-refractivity contribution is 5.55. The maximum absolute atomic E-state index is 12.8. The summed E-state index contributed by atoms with van der Waals surface area (Å²) in [4.78, 5) is 4.01. The average molecular weight is 269 g/mol. The van der Waals surface area contributed by atoms with Gasteiger partial charge in [0.1, 0.15) is 0 Å². The Kier molecular flexibility index (Phi) is 2.51. The number of alkyl halides is 2. The fourth-order valence-electron chi connectivity index (χ4n) is 1.65. The van der Waals surface area contributed by atoms with Gasteiger partial charge in [-0.1, -0.05) is 5.16 Å². The predicted octanol–water partition coefficient (Wildman–Crippen LogP) is 2.31. The number of fused-ring (bicyclic) bond motifs is 1. The molecule has 1 N–H and O–H groups in total. The van der Waals surface area contributed by atoms with Gasteiger partial charge in [0, 0.05) is 18.7 Å². The summed E-state index contributed by atoms with van der Waals surface area (Å²) >= 11 is 0. The van der Waals surface area contributed by atoms with Crippen molar-refractivity contribution in [2.45, 2.75) is 19.8 Å². The van der Waals surface area contributed by atoms with Crippen LogP contribution in [0.15, 0.2) is 22.7 Å². The molecule has 8 heteroatoms. The third-order valence-electron chi connectivity index (χ3n) is 2.42. The largest absolute Gasteiger partial charge is 0.586 e. The number of nitrogens with zero attached hydrogens (tertiary/aromatic N) is 2. The molecule has 1 aromatic carbocycles. The summed E-state index contributed by atoms with van der Waals surface area (Å²) in [5.41, 5.74) is 0.586. The van der Waals surface area contributed by atoms with Gasteiger partial charge in [0.15, 0.2) is 17.3 Å². The molecule has 6 nitrogen and oxygen atoms in total. The minimum atomic E-state index is -3.61. The van der Waals surface area contributed by atoms with Crippen LogP contribution in [0.4, 0.5) is 14.5 Å². The molecule has 0 aliphatic carbocycles. The first-order chi connectivity index (χ1) is 9.02. The fourth-order valence-corrected chi connectivity index (χ4v) is 1.65. The van der Waals surface area contributed by atoms with Crippen molar-refractivity contribution in [1.82, 2.24) is 10.1 Å². The molecule has 1 aliphatic heterocycles. The number of rotatable bonds is 3. The summed E-state index contributed by atoms with van der Waals surface area (Å²) in [6.07, 6.45) is -3.61. The number of halogens is 2. The normalized spacial score (nSPS) is 15.5. The third kappa shape index (κ3) is 2.42. The van der Waals surface area contributed by atoms with Gasteiger partial charge in [-0.15, -0.1) is 8.78 Å². The van der Waals surface area contributed by atoms with E-state index < -0.39 is 6.29 Å². The van der Waals surface area contributed by atoms with Gasteiger partial charge in [-0.3, -0.25) is 0 Å². The lowest BCUT2D eigenvalue weighted by Gasteiger charge is -2.04. The first-order valence-electron chi connectivity index (χ1n) is 5.45. The molecule has 0 amide bonds. The molecule has 100 valence electrons. The van der Waals surface area contributed by atoms with Crippen LogP contribution >= 0.6 is 0 Å². The van der Waals surface area contributed by atoms with E-state index in [1.165, 1.54) is 12.1 Å². The Morgan fingerprint density at radius 3 is 2.79 bits per heavy atom. The maximum atomic E-state index is 12.8. The van der Waals surface area contributed by atoms with Crippen molar-refractivity contribution in [3.63, 3.8) is 0 Å². The van der Waals surface area contributed by atoms with Gasteiger partial charge in [-0.05, 0) is 12.1 Å². The third-order valence-corrected chi connectivity index (χ3v) is 2.42. The van der Waals surface area contributed by atoms with Crippen LogP contribution in [0.25, 0.3) is 0 Å². The van der Waals surface area contributed by atoms with E-state index in [9.17, 15) is 8.78 Å². The molecule has 2 aromatic rings. The van der Waals surface area contributed by atoms with Crippen molar-refractivity contribution in [2.75, 3.05) is 5.32 Å². The van der Waals surface area contributed by atoms with Gasteiger partial charge in [0.05, 0.1) is 6.54 Å². The summed E-state index contributed by atoms with van der Waals surface area (Å²) in [7, 11) is 0. The summed E-state index contributed by atoms with van der Waals surface area (Å²) < 4.78 is 39.1. The van der Waals surface area contributed by atoms with Crippen molar-refractivity contribution in [3.8, 4) is 11.5 Å². The second-order valence-corrected chi connectivity index (χ2v) is 3.91. The van der Waals surface area contributed by atoms with Gasteiger partial charge in [0.2, 0.25) is 5.89 Å². The highest BCUT2D eigenvalue weighted by atomic mass is 19.3. The lowest BCUT2D eigenvalue weighted by Crippen LogP contribution is -2.25. The average Bonchev–Trinajstić information content (AvgIpc) is 2.87. The number of aromatic nitrogens is 2. The highest BCUT2D eigenvalue weighted by Gasteiger charge is 2.43. The van der Waals surface area contributed by atoms with Crippen molar-refractivity contribution in [2.24, 2.45) is 0 Å². The molecule has 0 fully saturated rings. The number of aryl methyl sites for hydroxylation is 1. The summed E-state index contributed by atoms with van der Waals surface area (Å²) in [6.45, 7) is 1.99. The summed E-state index contributed by atoms with van der Waals surface area (Å²) in [5.74, 6) is 0.924. The Morgan fingerprint density at radius 1 is 1.26 bits per heavy atom. The van der Waals surface area contributed by atoms with Gasteiger partial charge >= 0.3 is 6.29 Å². The maximum Gasteiger partial charge on any atom is 0.586 e. The molecule has 0 spiro atoms. The van der Waals surface area contributed by atoms with Crippen LogP contribution in [0.1, 0.15) is 11.7 Å². The van der Waals surface area contributed by atoms with Crippen molar-refractivity contribution >= 4 is 5.69 Å². The number of ether oxygens (including phenoxy) is 2. The fraction of sp³-hybridized carbons (Fsp3) is 0.273. The second-order valence-electron chi connectivity index (χ2n) is 3.91. The van der Waals surface area contributed by atoms with Gasteiger partial charge in [-0.25, -0.2) is 0 Å². The lowest BCUT2D eigenvalue weighted by atomic mass is 10.3. The molecule has 0 radical (unpaired) electrons. The number of nitrogens with one attached hydrogen (secondary N) is 1. The van der Waals surface area contributed by atoms with E-state index in [1.54, 1.807) is 13.0 Å². The Labute approximate surface area is 106 Å². The van der Waals surface area contributed by atoms with E-state index in [0.717, 1.165) is 0 Å². The van der Waals surface area contributed by atoms with Crippen molar-refractivity contribution in [3.05, 3.63) is 29.9 Å². The quantitative estimate of drug-likeness (QED) is 0.922. The summed E-state index contributed by atoms with van der Waals surface area (Å²) in [6, 6.07) is 4.42. The van der Waals surface area contributed by atoms with Crippen LogP contribution in [-0.2, 0) is 6.54 Å². The smallest absolute Gasteiger partial charge is 0.395 e. The van der Waals surface area contributed by atoms with E-state index in [0.29, 0.717) is 23.9 Å². The predicted molar refractivity (Wildman–Crippen MR) is 59.0 cm³/mol. The van der Waals surface area contributed by atoms with Crippen LogP contribution in [-0.4, -0.2) is 16.4 Å². The Morgan fingerprint density at radius 2 is 2.05 bits per heavy atom. The number of anilines is 1. The van der Waals surface area contributed by atoms with Gasteiger partial charge < -0.3 is 19.3 Å². The van der Waals surface area contributed by atoms with Crippen LogP contribution in [0, 0.1) is 6.92 Å². The molecule has 0 unspecified atom stereocenters. The van der Waals surface area contributed by atoms with E-state index >= 15 is 0 Å². The highest BCUT2D eigenvalue weighted by Crippen LogP contribution is 2.42. The standard InChI is InChI=1S/C11H9F2N3O3/c1-6-15-10(16-19-6)5-14-7-2-3-8-9(4-7)18-11(12,13)17-8/h2-4,14H,5H2,1H3. The lowest BCUT2D eigenvalue weighted by molar-refractivity contribution is -0.286. The Bertz CT molecular complexity index is 615. The summed E-state index contributed by atoms with van der Waals surface area (Å²) in [5, 5.41) is 6.67. The second kappa shape index (κ2) is 4.08. The molecule has 1 aromatic heterocycles. The van der Waals surface area contributed by atoms with E-state index in [-0.39, 0.29) is 11.5 Å². The topological polar surface area (TPSA) is 69.4 Å². The van der Waals surface area contributed by atoms with E-state index in [4.69, 9.17) is 4.52 Å². The SMILES string of the molecule is Cc1nc(CNc2ccc3c(c2)OC(F)(F)O3)no1. The first-order valence-corrected chi connectivity index (χ1v) is 5.45. The molecule has 0 saturated carbocycles. The van der Waals surface area contributed by atoms with Crippen molar-refractivity contribution < 1.29 is 22.8 Å². The number of benzene rings is 1. The van der Waals surface area contributed by atoms with Crippen LogP contribution in [0.3, 0.4) is 0 Å². The minimum absolute atomic E-state index is 0.00551. The Hall–Kier alpha value is -2.38. The molecule has 19 heavy (non-hydrogen) atoms. The van der Waals surface area contributed by atoms with Crippen molar-refractivity contribution in [1.29, 1.82) is 0 Å². The molecule has 0 atom stereocenters. The first kappa shape index (κ1) is 11.7. The molecular weight excluding hydrogens is 260 g/mol. The van der Waals surface area contributed by atoms with Crippen LogP contribution < -0.4 is 14.8 Å². The molecule has 3 rings (SSSR count). The monoisotopic (exact) mass is 269 g/mol. The Balaban J connectivity index is 1.70. The zero-order chi connectivity index (χ0) is 13.5. The van der Waals surface area contributed by atoms with Crippen LogP contribution in [0.5, 0.6) is 11.5 Å². The number of hydrogen-bond acceptors (Lipinski definition) is 6. The number of hydrogen-bond donors (Lipinski definition) is 1. The van der Waals surface area contributed by atoms with E-state index in [2.05, 4.69) is 24.9 Å².